The predicted octanol–water partition coefficient (Wildman–Crippen LogP) is 3.54. The number of imidazole rings is 1. The van der Waals surface area contributed by atoms with E-state index in [0.29, 0.717) is 34.9 Å². The van der Waals surface area contributed by atoms with Crippen molar-refractivity contribution in [1.82, 2.24) is 13.9 Å². The lowest BCUT2D eigenvalue weighted by molar-refractivity contribution is -0.116. The lowest BCUT2D eigenvalue weighted by Crippen LogP contribution is -2.22. The lowest BCUT2D eigenvalue weighted by atomic mass is 10.2. The Morgan fingerprint density at radius 3 is 2.58 bits per heavy atom. The summed E-state index contributed by atoms with van der Waals surface area (Å²) >= 11 is 6.10. The molecule has 0 aliphatic heterocycles. The van der Waals surface area contributed by atoms with Gasteiger partial charge in [0.15, 0.2) is 0 Å². The van der Waals surface area contributed by atoms with E-state index in [4.69, 9.17) is 16.3 Å². The van der Waals surface area contributed by atoms with Crippen LogP contribution in [-0.2, 0) is 27.8 Å². The number of carbonyl (C=O) groups is 1. The Morgan fingerprint density at radius 2 is 1.97 bits per heavy atom. The number of fused-ring (bicyclic) bond motifs is 1. The first-order chi connectivity index (χ1) is 14.7. The maximum atomic E-state index is 12.4. The highest BCUT2D eigenvalue weighted by atomic mass is 35.5. The molecule has 2 aromatic carbocycles. The molecule has 1 amide bonds. The number of amides is 1. The summed E-state index contributed by atoms with van der Waals surface area (Å²) in [4.78, 5) is 17.2. The van der Waals surface area contributed by atoms with Crippen LogP contribution in [0, 0.1) is 0 Å². The molecule has 3 aromatic rings. The summed E-state index contributed by atoms with van der Waals surface area (Å²) in [6.07, 6.45) is 0.629. The van der Waals surface area contributed by atoms with Crippen molar-refractivity contribution in [3.63, 3.8) is 0 Å². The Balaban J connectivity index is 1.78. The first-order valence-corrected chi connectivity index (χ1v) is 11.5. The first kappa shape index (κ1) is 23.1. The maximum Gasteiger partial charge on any atom is 0.242 e. The van der Waals surface area contributed by atoms with Gasteiger partial charge in [0.25, 0.3) is 0 Å². The Labute approximate surface area is 186 Å². The predicted molar refractivity (Wildman–Crippen MR) is 121 cm³/mol. The molecule has 1 heterocycles. The maximum absolute atomic E-state index is 12.4. The molecule has 1 aromatic heterocycles. The zero-order valence-electron chi connectivity index (χ0n) is 17.8. The van der Waals surface area contributed by atoms with Crippen LogP contribution >= 0.6 is 11.6 Å². The van der Waals surface area contributed by atoms with Gasteiger partial charge >= 0.3 is 0 Å². The highest BCUT2D eigenvalue weighted by Crippen LogP contribution is 2.27. The van der Waals surface area contributed by atoms with Crippen LogP contribution in [0.1, 0.15) is 19.2 Å². The monoisotopic (exact) mass is 464 g/mol. The Morgan fingerprint density at radius 1 is 1.23 bits per heavy atom. The molecule has 0 saturated carbocycles. The molecular weight excluding hydrogens is 440 g/mol. The van der Waals surface area contributed by atoms with E-state index in [1.165, 1.54) is 25.5 Å². The smallest absolute Gasteiger partial charge is 0.242 e. The van der Waals surface area contributed by atoms with Crippen molar-refractivity contribution in [3.05, 3.63) is 47.2 Å². The number of nitrogens with one attached hydrogen (secondary N) is 1. The number of aromatic nitrogens is 2. The zero-order valence-corrected chi connectivity index (χ0v) is 19.4. The van der Waals surface area contributed by atoms with Crippen LogP contribution in [-0.4, -0.2) is 49.4 Å². The van der Waals surface area contributed by atoms with Crippen molar-refractivity contribution in [3.8, 4) is 5.75 Å². The number of methoxy groups -OCH3 is 1. The summed E-state index contributed by atoms with van der Waals surface area (Å²) in [6, 6.07) is 9.94. The van der Waals surface area contributed by atoms with E-state index in [1.54, 1.807) is 36.4 Å². The molecule has 0 unspecified atom stereocenters. The van der Waals surface area contributed by atoms with Gasteiger partial charge in [0, 0.05) is 39.2 Å². The van der Waals surface area contributed by atoms with Crippen LogP contribution in [0.5, 0.6) is 5.75 Å². The standard InChI is InChI=1S/C21H25ClN4O4S/c1-5-26-18-8-7-15(31(28,29)25(2)3)13-17(18)24-20(26)10-11-21(27)23-14-6-9-19(30-4)16(22)12-14/h6-9,12-13H,5,10-11H2,1-4H3,(H,23,27). The third kappa shape index (κ3) is 4.84. The molecular formula is C21H25ClN4O4S. The van der Waals surface area contributed by atoms with Crippen molar-refractivity contribution in [2.75, 3.05) is 26.5 Å². The number of ether oxygens (including phenoxy) is 1. The highest BCUT2D eigenvalue weighted by Gasteiger charge is 2.19. The van der Waals surface area contributed by atoms with Crippen LogP contribution in [0.3, 0.4) is 0 Å². The second-order valence-electron chi connectivity index (χ2n) is 7.11. The Kier molecular flexibility index (Phi) is 6.88. The number of benzene rings is 2. The van der Waals surface area contributed by atoms with Crippen LogP contribution in [0.4, 0.5) is 5.69 Å². The number of aryl methyl sites for hydroxylation is 2. The van der Waals surface area contributed by atoms with Crippen LogP contribution in [0.2, 0.25) is 5.02 Å². The molecule has 0 radical (unpaired) electrons. The van der Waals surface area contributed by atoms with Gasteiger partial charge in [-0.3, -0.25) is 4.79 Å². The van der Waals surface area contributed by atoms with Crippen LogP contribution < -0.4 is 10.1 Å². The number of halogens is 1. The number of sulfonamides is 1. The molecule has 0 atom stereocenters. The van der Waals surface area contributed by atoms with Crippen molar-refractivity contribution in [2.24, 2.45) is 0 Å². The minimum absolute atomic E-state index is 0.174. The van der Waals surface area contributed by atoms with E-state index in [1.807, 2.05) is 11.5 Å². The quantitative estimate of drug-likeness (QED) is 0.550. The summed E-state index contributed by atoms with van der Waals surface area (Å²) in [5.41, 5.74) is 2.00. The lowest BCUT2D eigenvalue weighted by Gasteiger charge is -2.11. The number of hydrogen-bond donors (Lipinski definition) is 1. The van der Waals surface area contributed by atoms with Crippen molar-refractivity contribution in [1.29, 1.82) is 0 Å². The molecule has 1 N–H and O–H groups in total. The average Bonchev–Trinajstić information content (AvgIpc) is 3.09. The summed E-state index contributed by atoms with van der Waals surface area (Å²) in [5, 5.41) is 3.23. The van der Waals surface area contributed by atoms with E-state index in [2.05, 4.69) is 10.3 Å². The third-order valence-electron chi connectivity index (χ3n) is 4.90. The number of carbonyl (C=O) groups excluding carboxylic acids is 1. The van der Waals surface area contributed by atoms with Crippen molar-refractivity contribution < 1.29 is 17.9 Å². The van der Waals surface area contributed by atoms with E-state index in [0.717, 1.165) is 11.3 Å². The van der Waals surface area contributed by atoms with E-state index >= 15 is 0 Å². The molecule has 0 saturated heterocycles. The molecule has 0 aliphatic carbocycles. The van der Waals surface area contributed by atoms with Gasteiger partial charge in [0.05, 0.1) is 28.1 Å². The van der Waals surface area contributed by atoms with Gasteiger partial charge in [0.1, 0.15) is 11.6 Å². The summed E-state index contributed by atoms with van der Waals surface area (Å²) in [7, 11) is 0.959. The van der Waals surface area contributed by atoms with Gasteiger partial charge < -0.3 is 14.6 Å². The molecule has 166 valence electrons. The molecule has 0 fully saturated rings. The normalized spacial score (nSPS) is 11.8. The van der Waals surface area contributed by atoms with Crippen LogP contribution in [0.25, 0.3) is 11.0 Å². The molecule has 31 heavy (non-hydrogen) atoms. The van der Waals surface area contributed by atoms with E-state index < -0.39 is 10.0 Å². The minimum Gasteiger partial charge on any atom is -0.495 e. The molecule has 0 spiro atoms. The fraction of sp³-hybridized carbons (Fsp3) is 0.333. The van der Waals surface area contributed by atoms with E-state index in [-0.39, 0.29) is 17.2 Å². The Bertz CT molecular complexity index is 1220. The highest BCUT2D eigenvalue weighted by molar-refractivity contribution is 7.89. The second-order valence-corrected chi connectivity index (χ2v) is 9.67. The van der Waals surface area contributed by atoms with Gasteiger partial charge in [-0.15, -0.1) is 0 Å². The molecule has 3 rings (SSSR count). The topological polar surface area (TPSA) is 93.5 Å². The largest absolute Gasteiger partial charge is 0.495 e. The van der Waals surface area contributed by atoms with E-state index in [9.17, 15) is 13.2 Å². The third-order valence-corrected chi connectivity index (χ3v) is 7.01. The molecule has 0 bridgehead atoms. The Hall–Kier alpha value is -2.62. The van der Waals surface area contributed by atoms with Crippen LogP contribution in [0.15, 0.2) is 41.3 Å². The van der Waals surface area contributed by atoms with Gasteiger partial charge in [0.2, 0.25) is 15.9 Å². The summed E-state index contributed by atoms with van der Waals surface area (Å²) in [6.45, 7) is 2.63. The van der Waals surface area contributed by atoms with Gasteiger partial charge in [-0.1, -0.05) is 11.6 Å². The van der Waals surface area contributed by atoms with Gasteiger partial charge in [-0.25, -0.2) is 17.7 Å². The fourth-order valence-electron chi connectivity index (χ4n) is 3.27. The number of hydrogen-bond acceptors (Lipinski definition) is 5. The van der Waals surface area contributed by atoms with Crippen molar-refractivity contribution >= 4 is 44.3 Å². The fourth-order valence-corrected chi connectivity index (χ4v) is 4.45. The molecule has 10 heteroatoms. The first-order valence-electron chi connectivity index (χ1n) is 9.72. The van der Waals surface area contributed by atoms with Gasteiger partial charge in [-0.2, -0.15) is 0 Å². The number of anilines is 1. The summed E-state index contributed by atoms with van der Waals surface area (Å²) in [5.74, 6) is 1.08. The zero-order chi connectivity index (χ0) is 22.8. The summed E-state index contributed by atoms with van der Waals surface area (Å²) < 4.78 is 33.1. The minimum atomic E-state index is -3.55. The average molecular weight is 465 g/mol. The second kappa shape index (κ2) is 9.25. The molecule has 8 nitrogen and oxygen atoms in total. The molecule has 0 aliphatic rings. The number of nitrogens with zero attached hydrogens (tertiary/aromatic N) is 3. The SMILES string of the molecule is CCn1c(CCC(=O)Nc2ccc(OC)c(Cl)c2)nc2cc(S(=O)(=O)N(C)C)ccc21. The number of rotatable bonds is 8. The van der Waals surface area contributed by atoms with Crippen molar-refractivity contribution in [2.45, 2.75) is 31.2 Å². The van der Waals surface area contributed by atoms with Gasteiger partial charge in [-0.05, 0) is 43.3 Å².